The van der Waals surface area contributed by atoms with Crippen LogP contribution in [0.25, 0.3) is 10.9 Å². The molecule has 0 spiro atoms. The van der Waals surface area contributed by atoms with Gasteiger partial charge in [-0.15, -0.1) is 11.3 Å². The van der Waals surface area contributed by atoms with E-state index < -0.39 is 0 Å². The van der Waals surface area contributed by atoms with E-state index in [1.54, 1.807) is 0 Å². The minimum atomic E-state index is 0.0909. The Morgan fingerprint density at radius 2 is 2.11 bits per heavy atom. The van der Waals surface area contributed by atoms with E-state index in [-0.39, 0.29) is 5.78 Å². The Kier molecular flexibility index (Phi) is 3.48. The number of rotatable bonds is 3. The van der Waals surface area contributed by atoms with Crippen LogP contribution in [0, 0.1) is 0 Å². The van der Waals surface area contributed by atoms with Gasteiger partial charge in [-0.2, -0.15) is 0 Å². The number of halogens is 2. The minimum Gasteiger partial charge on any atom is -0.338 e. The van der Waals surface area contributed by atoms with Gasteiger partial charge < -0.3 is 4.57 Å². The van der Waals surface area contributed by atoms with Gasteiger partial charge in [0.25, 0.3) is 0 Å². The van der Waals surface area contributed by atoms with E-state index in [9.17, 15) is 4.79 Å². The highest BCUT2D eigenvalue weighted by Crippen LogP contribution is 2.26. The summed E-state index contributed by atoms with van der Waals surface area (Å²) >= 11 is 11.0. The van der Waals surface area contributed by atoms with Crippen LogP contribution in [0.3, 0.4) is 0 Å². The van der Waals surface area contributed by atoms with Crippen molar-refractivity contribution < 1.29 is 4.79 Å². The van der Waals surface area contributed by atoms with Crippen molar-refractivity contribution in [2.24, 2.45) is 0 Å². The molecule has 0 unspecified atom stereocenters. The summed E-state index contributed by atoms with van der Waals surface area (Å²) in [5.41, 5.74) is 0.910. The lowest BCUT2D eigenvalue weighted by atomic mass is 10.2. The van der Waals surface area contributed by atoms with Crippen molar-refractivity contribution in [2.75, 3.05) is 0 Å². The van der Waals surface area contributed by atoms with Crippen molar-refractivity contribution in [1.29, 1.82) is 0 Å². The summed E-state index contributed by atoms with van der Waals surface area (Å²) in [6.45, 7) is 0.306. The zero-order chi connectivity index (χ0) is 13.4. The SMILES string of the molecule is O=C(Cn1ccc2cccc(Cl)c21)c1ccc(Br)s1. The maximum atomic E-state index is 12.2. The van der Waals surface area contributed by atoms with Crippen molar-refractivity contribution in [3.63, 3.8) is 0 Å². The monoisotopic (exact) mass is 353 g/mol. The average molecular weight is 355 g/mol. The number of benzene rings is 1. The molecule has 0 aliphatic carbocycles. The van der Waals surface area contributed by atoms with Gasteiger partial charge in [-0.3, -0.25) is 4.79 Å². The molecule has 2 nitrogen and oxygen atoms in total. The molecule has 0 fully saturated rings. The van der Waals surface area contributed by atoms with Gasteiger partial charge in [0.05, 0.1) is 25.7 Å². The highest BCUT2D eigenvalue weighted by molar-refractivity contribution is 9.11. The van der Waals surface area contributed by atoms with Crippen LogP contribution in [-0.4, -0.2) is 10.4 Å². The Hall–Kier alpha value is -1.10. The van der Waals surface area contributed by atoms with Crippen LogP contribution in [0.15, 0.2) is 46.4 Å². The lowest BCUT2D eigenvalue weighted by Gasteiger charge is -2.05. The largest absolute Gasteiger partial charge is 0.338 e. The van der Waals surface area contributed by atoms with E-state index in [1.807, 2.05) is 47.2 Å². The molecule has 0 N–H and O–H groups in total. The van der Waals surface area contributed by atoms with Gasteiger partial charge in [0.15, 0.2) is 5.78 Å². The fourth-order valence-corrected chi connectivity index (χ4v) is 3.65. The summed E-state index contributed by atoms with van der Waals surface area (Å²) in [6.07, 6.45) is 1.90. The number of hydrogen-bond acceptors (Lipinski definition) is 2. The molecule has 3 rings (SSSR count). The molecule has 96 valence electrons. The van der Waals surface area contributed by atoms with Crippen LogP contribution < -0.4 is 0 Å². The molecule has 19 heavy (non-hydrogen) atoms. The molecule has 0 aliphatic rings. The second-order valence-corrected chi connectivity index (χ2v) is 7.02. The first-order chi connectivity index (χ1) is 9.15. The topological polar surface area (TPSA) is 22.0 Å². The second kappa shape index (κ2) is 5.12. The number of ketones is 1. The van der Waals surface area contributed by atoms with Crippen molar-refractivity contribution >= 4 is 55.6 Å². The Morgan fingerprint density at radius 1 is 1.26 bits per heavy atom. The molecule has 5 heteroatoms. The van der Waals surface area contributed by atoms with Crippen molar-refractivity contribution in [2.45, 2.75) is 6.54 Å². The molecule has 0 radical (unpaired) electrons. The number of thiophene rings is 1. The van der Waals surface area contributed by atoms with Gasteiger partial charge in [-0.25, -0.2) is 0 Å². The third-order valence-electron chi connectivity index (χ3n) is 2.90. The number of fused-ring (bicyclic) bond motifs is 1. The summed E-state index contributed by atoms with van der Waals surface area (Å²) in [5.74, 6) is 0.0909. The van der Waals surface area contributed by atoms with Gasteiger partial charge in [0, 0.05) is 11.6 Å². The van der Waals surface area contributed by atoms with Crippen LogP contribution in [0.2, 0.25) is 5.02 Å². The van der Waals surface area contributed by atoms with Gasteiger partial charge >= 0.3 is 0 Å². The quantitative estimate of drug-likeness (QED) is 0.607. The molecule has 0 saturated carbocycles. The molecule has 0 saturated heterocycles. The summed E-state index contributed by atoms with van der Waals surface area (Å²) in [4.78, 5) is 13.0. The van der Waals surface area contributed by atoms with Crippen LogP contribution in [0.4, 0.5) is 0 Å². The summed E-state index contributed by atoms with van der Waals surface area (Å²) < 4.78 is 2.86. The summed E-state index contributed by atoms with van der Waals surface area (Å²) in [7, 11) is 0. The fraction of sp³-hybridized carbons (Fsp3) is 0.0714. The van der Waals surface area contributed by atoms with Crippen LogP contribution in [0.5, 0.6) is 0 Å². The Labute approximate surface area is 127 Å². The zero-order valence-electron chi connectivity index (χ0n) is 9.77. The molecule has 0 aliphatic heterocycles. The second-order valence-electron chi connectivity index (χ2n) is 4.15. The smallest absolute Gasteiger partial charge is 0.192 e. The summed E-state index contributed by atoms with van der Waals surface area (Å²) in [6, 6.07) is 11.4. The maximum Gasteiger partial charge on any atom is 0.192 e. The normalized spacial score (nSPS) is 11.1. The number of para-hydroxylation sites is 1. The predicted octanol–water partition coefficient (Wildman–Crippen LogP) is 5.00. The van der Waals surface area contributed by atoms with E-state index >= 15 is 0 Å². The molecule has 2 aromatic heterocycles. The maximum absolute atomic E-state index is 12.2. The molecular weight excluding hydrogens is 346 g/mol. The number of nitrogens with zero attached hydrogens (tertiary/aromatic N) is 1. The van der Waals surface area contributed by atoms with Gasteiger partial charge in [-0.1, -0.05) is 23.7 Å². The lowest BCUT2D eigenvalue weighted by Crippen LogP contribution is -2.08. The highest BCUT2D eigenvalue weighted by atomic mass is 79.9. The fourth-order valence-electron chi connectivity index (χ4n) is 2.04. The van der Waals surface area contributed by atoms with Crippen molar-refractivity contribution in [3.05, 3.63) is 56.3 Å². The first kappa shape index (κ1) is 12.9. The standard InChI is InChI=1S/C14H9BrClNOS/c15-13-5-4-12(19-13)11(18)8-17-7-6-9-2-1-3-10(16)14(9)17/h1-7H,8H2. The Morgan fingerprint density at radius 3 is 2.84 bits per heavy atom. The van der Waals surface area contributed by atoms with Crippen LogP contribution in [-0.2, 0) is 6.54 Å². The molecule has 3 aromatic rings. The van der Waals surface area contributed by atoms with E-state index in [1.165, 1.54) is 11.3 Å². The predicted molar refractivity (Wildman–Crippen MR) is 83.3 cm³/mol. The molecule has 0 bridgehead atoms. The lowest BCUT2D eigenvalue weighted by molar-refractivity contribution is 0.0977. The number of aromatic nitrogens is 1. The van der Waals surface area contributed by atoms with E-state index in [2.05, 4.69) is 15.9 Å². The number of hydrogen-bond donors (Lipinski definition) is 0. The molecule has 1 aromatic carbocycles. The van der Waals surface area contributed by atoms with Crippen LogP contribution >= 0.6 is 38.9 Å². The number of Topliss-reactive ketones (excluding diaryl/α,β-unsaturated/α-hetero) is 1. The van der Waals surface area contributed by atoms with Gasteiger partial charge in [0.1, 0.15) is 0 Å². The highest BCUT2D eigenvalue weighted by Gasteiger charge is 2.12. The van der Waals surface area contributed by atoms with E-state index in [4.69, 9.17) is 11.6 Å². The molecule has 2 heterocycles. The third kappa shape index (κ3) is 2.48. The average Bonchev–Trinajstić information content (AvgIpc) is 2.97. The number of carbonyl (C=O) groups excluding carboxylic acids is 1. The first-order valence-corrected chi connectivity index (χ1v) is 7.66. The first-order valence-electron chi connectivity index (χ1n) is 5.67. The van der Waals surface area contributed by atoms with Crippen LogP contribution in [0.1, 0.15) is 9.67 Å². The van der Waals surface area contributed by atoms with E-state index in [0.717, 1.165) is 19.6 Å². The Balaban J connectivity index is 1.96. The zero-order valence-corrected chi connectivity index (χ0v) is 12.9. The Bertz CT molecular complexity index is 762. The van der Waals surface area contributed by atoms with E-state index in [0.29, 0.717) is 11.6 Å². The van der Waals surface area contributed by atoms with Gasteiger partial charge in [-0.05, 0) is 40.2 Å². The third-order valence-corrected chi connectivity index (χ3v) is 4.87. The van der Waals surface area contributed by atoms with Gasteiger partial charge in [0.2, 0.25) is 0 Å². The molecule has 0 amide bonds. The van der Waals surface area contributed by atoms with Crippen molar-refractivity contribution in [1.82, 2.24) is 4.57 Å². The molecule has 0 atom stereocenters. The minimum absolute atomic E-state index is 0.0909. The molecular formula is C14H9BrClNOS. The summed E-state index contributed by atoms with van der Waals surface area (Å²) in [5, 5.41) is 1.72. The van der Waals surface area contributed by atoms with Crippen molar-refractivity contribution in [3.8, 4) is 0 Å². The number of carbonyl (C=O) groups is 1.